The van der Waals surface area contributed by atoms with Crippen LogP contribution in [0.3, 0.4) is 0 Å². The van der Waals surface area contributed by atoms with E-state index in [1.165, 1.54) is 20.2 Å². The first-order chi connectivity index (χ1) is 16.4. The fourth-order valence-corrected chi connectivity index (χ4v) is 4.69. The second-order valence-electron chi connectivity index (χ2n) is 9.60. The standard InChI is InChI=1S/C23H31N7O4S/c1-13-10-11-15(34-13)18(23(2,3)4)27-22-21(28-19-20(29-22)25-12-24-19)26-14-8-7-9-16(17(14)31)35(32,33)30(5)6/h7-11,18,31H,12H2,1-6H3,(H2,24,26,28)(H2,25,27,29)/t18-/m0/s1. The number of sulfonamides is 1. The van der Waals surface area contributed by atoms with E-state index in [-0.39, 0.29) is 22.0 Å². The Morgan fingerprint density at radius 2 is 1.74 bits per heavy atom. The van der Waals surface area contributed by atoms with Crippen LogP contribution in [0, 0.1) is 12.3 Å². The molecule has 1 aromatic carbocycles. The third-order valence-corrected chi connectivity index (χ3v) is 7.46. The molecule has 0 saturated carbocycles. The number of hydrogen-bond donors (Lipinski definition) is 5. The molecule has 3 heterocycles. The number of anilines is 5. The van der Waals surface area contributed by atoms with Crippen LogP contribution in [0.25, 0.3) is 0 Å². The van der Waals surface area contributed by atoms with Crippen molar-refractivity contribution in [1.82, 2.24) is 14.3 Å². The highest BCUT2D eigenvalue weighted by molar-refractivity contribution is 7.89. The van der Waals surface area contributed by atoms with Crippen LogP contribution >= 0.6 is 0 Å². The molecule has 11 nitrogen and oxygen atoms in total. The maximum absolute atomic E-state index is 12.7. The lowest BCUT2D eigenvalue weighted by Crippen LogP contribution is -2.26. The molecule has 188 valence electrons. The van der Waals surface area contributed by atoms with E-state index in [1.54, 1.807) is 12.1 Å². The van der Waals surface area contributed by atoms with Gasteiger partial charge in [-0.05, 0) is 36.6 Å². The van der Waals surface area contributed by atoms with Crippen LogP contribution < -0.4 is 21.3 Å². The van der Waals surface area contributed by atoms with Crippen LogP contribution in [0.5, 0.6) is 5.75 Å². The number of nitrogens with zero attached hydrogens (tertiary/aromatic N) is 3. The second-order valence-corrected chi connectivity index (χ2v) is 11.7. The Morgan fingerprint density at radius 1 is 1.09 bits per heavy atom. The third-order valence-electron chi connectivity index (χ3n) is 5.61. The first kappa shape index (κ1) is 24.6. The zero-order valence-electron chi connectivity index (χ0n) is 20.6. The van der Waals surface area contributed by atoms with Gasteiger partial charge in [0.1, 0.15) is 16.4 Å². The molecule has 0 unspecified atom stereocenters. The highest BCUT2D eigenvalue weighted by Crippen LogP contribution is 2.41. The largest absolute Gasteiger partial charge is 0.504 e. The number of furan rings is 1. The highest BCUT2D eigenvalue weighted by Gasteiger charge is 2.31. The SMILES string of the molecule is Cc1ccc([C@H](Nc2nc3c(nc2Nc2cccc(S(=O)(=O)N(C)C)c2O)NCN3)C(C)(C)C)o1. The van der Waals surface area contributed by atoms with Crippen LogP contribution in [-0.4, -0.2) is 48.6 Å². The summed E-state index contributed by atoms with van der Waals surface area (Å²) in [6.07, 6.45) is 0. The van der Waals surface area contributed by atoms with E-state index in [0.717, 1.165) is 15.8 Å². The third kappa shape index (κ3) is 4.84. The Balaban J connectivity index is 1.77. The molecule has 0 aliphatic carbocycles. The van der Waals surface area contributed by atoms with E-state index in [2.05, 4.69) is 47.0 Å². The molecule has 0 amide bonds. The second kappa shape index (κ2) is 8.93. The van der Waals surface area contributed by atoms with Crippen molar-refractivity contribution >= 4 is 39.0 Å². The molecule has 1 aliphatic heterocycles. The molecule has 0 fully saturated rings. The summed E-state index contributed by atoms with van der Waals surface area (Å²) in [7, 11) is -1.04. The number of rotatable bonds is 7. The number of phenolic OH excluding ortho intramolecular Hbond substituents is 1. The predicted octanol–water partition coefficient (Wildman–Crippen LogP) is 4.07. The van der Waals surface area contributed by atoms with Gasteiger partial charge in [0.2, 0.25) is 10.0 Å². The lowest BCUT2D eigenvalue weighted by atomic mass is 9.85. The van der Waals surface area contributed by atoms with E-state index in [0.29, 0.717) is 29.9 Å². The van der Waals surface area contributed by atoms with Crippen molar-refractivity contribution < 1.29 is 17.9 Å². The number of fused-ring (bicyclic) bond motifs is 1. The van der Waals surface area contributed by atoms with Gasteiger partial charge in [-0.15, -0.1) is 0 Å². The summed E-state index contributed by atoms with van der Waals surface area (Å²) < 4.78 is 32.3. The van der Waals surface area contributed by atoms with Gasteiger partial charge in [-0.2, -0.15) is 0 Å². The number of aromatic hydroxyl groups is 1. The van der Waals surface area contributed by atoms with Gasteiger partial charge in [-0.25, -0.2) is 22.7 Å². The quantitative estimate of drug-likeness (QED) is 0.300. The summed E-state index contributed by atoms with van der Waals surface area (Å²) in [5, 5.41) is 23.6. The molecule has 2 aromatic heterocycles. The van der Waals surface area contributed by atoms with Gasteiger partial charge >= 0.3 is 0 Å². The number of phenols is 1. The summed E-state index contributed by atoms with van der Waals surface area (Å²) >= 11 is 0. The summed E-state index contributed by atoms with van der Waals surface area (Å²) in [6, 6.07) is 8.05. The highest BCUT2D eigenvalue weighted by atomic mass is 32.2. The van der Waals surface area contributed by atoms with E-state index in [4.69, 9.17) is 9.40 Å². The average Bonchev–Trinajstić information content (AvgIpc) is 3.40. The van der Waals surface area contributed by atoms with Gasteiger partial charge in [0.05, 0.1) is 18.4 Å². The van der Waals surface area contributed by atoms with Gasteiger partial charge in [-0.3, -0.25) is 0 Å². The fraction of sp³-hybridized carbons (Fsp3) is 0.391. The number of nitrogens with one attached hydrogen (secondary N) is 4. The Morgan fingerprint density at radius 3 is 2.31 bits per heavy atom. The summed E-state index contributed by atoms with van der Waals surface area (Å²) in [5.41, 5.74) is -0.0761. The Labute approximate surface area is 205 Å². The minimum Gasteiger partial charge on any atom is -0.504 e. The number of aryl methyl sites for hydroxylation is 1. The minimum atomic E-state index is -3.86. The number of aromatic nitrogens is 2. The molecule has 0 saturated heterocycles. The molecular formula is C23H31N7O4S. The molecule has 12 heteroatoms. The van der Waals surface area contributed by atoms with Crippen molar-refractivity contribution in [2.45, 2.75) is 38.6 Å². The number of benzene rings is 1. The molecular weight excluding hydrogens is 470 g/mol. The van der Waals surface area contributed by atoms with E-state index in [1.807, 2.05) is 19.1 Å². The molecule has 5 N–H and O–H groups in total. The maximum atomic E-state index is 12.7. The molecule has 1 aliphatic rings. The Hall–Kier alpha value is -3.51. The normalized spacial score (nSPS) is 14.3. The molecule has 3 aromatic rings. The Bertz CT molecular complexity index is 1350. The van der Waals surface area contributed by atoms with E-state index < -0.39 is 15.8 Å². The van der Waals surface area contributed by atoms with E-state index in [9.17, 15) is 13.5 Å². The molecule has 0 radical (unpaired) electrons. The van der Waals surface area contributed by atoms with Crippen LogP contribution in [0.15, 0.2) is 39.6 Å². The lowest BCUT2D eigenvalue weighted by molar-refractivity contribution is 0.300. The first-order valence-corrected chi connectivity index (χ1v) is 12.6. The van der Waals surface area contributed by atoms with Crippen LogP contribution in [0.1, 0.15) is 38.3 Å². The minimum absolute atomic E-state index is 0.178. The lowest BCUT2D eigenvalue weighted by Gasteiger charge is -2.31. The van der Waals surface area contributed by atoms with Crippen molar-refractivity contribution in [3.05, 3.63) is 41.9 Å². The maximum Gasteiger partial charge on any atom is 0.246 e. The topological polar surface area (TPSA) is 145 Å². The fourth-order valence-electron chi connectivity index (χ4n) is 3.70. The van der Waals surface area contributed by atoms with Crippen molar-refractivity contribution in [3.8, 4) is 5.75 Å². The van der Waals surface area contributed by atoms with Crippen molar-refractivity contribution in [3.63, 3.8) is 0 Å². The van der Waals surface area contributed by atoms with Crippen molar-refractivity contribution in [2.75, 3.05) is 42.0 Å². The van der Waals surface area contributed by atoms with Crippen LogP contribution in [0.2, 0.25) is 0 Å². The van der Waals surface area contributed by atoms with Crippen LogP contribution in [-0.2, 0) is 10.0 Å². The smallest absolute Gasteiger partial charge is 0.246 e. The predicted molar refractivity (Wildman–Crippen MR) is 136 cm³/mol. The molecule has 1 atom stereocenters. The van der Waals surface area contributed by atoms with Gasteiger partial charge in [0.25, 0.3) is 0 Å². The van der Waals surface area contributed by atoms with Gasteiger partial charge in [0, 0.05) is 14.1 Å². The molecule has 0 bridgehead atoms. The first-order valence-electron chi connectivity index (χ1n) is 11.1. The molecule has 4 rings (SSSR count). The zero-order chi connectivity index (χ0) is 25.5. The molecule has 35 heavy (non-hydrogen) atoms. The van der Waals surface area contributed by atoms with E-state index >= 15 is 0 Å². The number of hydrogen-bond acceptors (Lipinski definition) is 10. The van der Waals surface area contributed by atoms with Gasteiger partial charge < -0.3 is 30.8 Å². The van der Waals surface area contributed by atoms with Crippen molar-refractivity contribution in [2.24, 2.45) is 5.41 Å². The van der Waals surface area contributed by atoms with Crippen LogP contribution in [0.4, 0.5) is 29.0 Å². The monoisotopic (exact) mass is 501 g/mol. The number of para-hydroxylation sites is 1. The van der Waals surface area contributed by atoms with Gasteiger partial charge in [0.15, 0.2) is 29.0 Å². The van der Waals surface area contributed by atoms with Gasteiger partial charge in [-0.1, -0.05) is 26.8 Å². The summed E-state index contributed by atoms with van der Waals surface area (Å²) in [6.45, 7) is 8.60. The summed E-state index contributed by atoms with van der Waals surface area (Å²) in [4.78, 5) is 9.13. The Kier molecular flexibility index (Phi) is 6.28. The van der Waals surface area contributed by atoms with Crippen molar-refractivity contribution in [1.29, 1.82) is 0 Å². The average molecular weight is 502 g/mol. The summed E-state index contributed by atoms with van der Waals surface area (Å²) in [5.74, 6) is 2.97. The zero-order valence-corrected chi connectivity index (χ0v) is 21.4. The molecule has 0 spiro atoms.